The Morgan fingerprint density at radius 3 is 2.22 bits per heavy atom. The molecule has 1 unspecified atom stereocenters. The Balaban J connectivity index is 2.66. The molecule has 4 heteroatoms. The van der Waals surface area contributed by atoms with Crippen LogP contribution < -0.4 is 0 Å². The van der Waals surface area contributed by atoms with Gasteiger partial charge in [-0.1, -0.05) is 30.3 Å². The van der Waals surface area contributed by atoms with Gasteiger partial charge in [0, 0.05) is 6.61 Å². The summed E-state index contributed by atoms with van der Waals surface area (Å²) in [6, 6.07) is 9.94. The van der Waals surface area contributed by atoms with Crippen LogP contribution >= 0.6 is 0 Å². The maximum atomic E-state index is 12.5. The smallest absolute Gasteiger partial charge is 0.314 e. The number of carbonyl (C=O) groups is 1. The Hall–Kier alpha value is -1.39. The van der Waals surface area contributed by atoms with Gasteiger partial charge < -0.3 is 14.2 Å². The van der Waals surface area contributed by atoms with Crippen molar-refractivity contribution >= 4 is 5.97 Å². The number of hydrogen-bond acceptors (Lipinski definition) is 4. The number of carbonyl (C=O) groups excluding carboxylic acids is 1. The second-order valence-corrected chi connectivity index (χ2v) is 7.17. The first-order valence-electron chi connectivity index (χ1n) is 8.13. The summed E-state index contributed by atoms with van der Waals surface area (Å²) < 4.78 is 17.0. The molecule has 0 saturated carbocycles. The SMILES string of the molecule is CCOC(COCc1ccccc1)C(C)(C)C(=O)OC(C)(C)C. The van der Waals surface area contributed by atoms with Crippen LogP contribution in [0.1, 0.15) is 47.1 Å². The van der Waals surface area contributed by atoms with Gasteiger partial charge in [0.05, 0.1) is 24.7 Å². The minimum Gasteiger partial charge on any atom is -0.459 e. The summed E-state index contributed by atoms with van der Waals surface area (Å²) >= 11 is 0. The third-order valence-corrected chi connectivity index (χ3v) is 3.48. The molecule has 0 aliphatic rings. The van der Waals surface area contributed by atoms with E-state index in [0.717, 1.165) is 5.56 Å². The van der Waals surface area contributed by atoms with Crippen LogP contribution in [-0.2, 0) is 25.6 Å². The fourth-order valence-electron chi connectivity index (χ4n) is 2.07. The third kappa shape index (κ3) is 6.71. The minimum atomic E-state index is -0.778. The highest BCUT2D eigenvalue weighted by Crippen LogP contribution is 2.28. The highest BCUT2D eigenvalue weighted by molar-refractivity contribution is 5.77. The summed E-state index contributed by atoms with van der Waals surface area (Å²) in [5.41, 5.74) is -0.200. The van der Waals surface area contributed by atoms with Gasteiger partial charge in [0.1, 0.15) is 5.60 Å². The molecule has 4 nitrogen and oxygen atoms in total. The van der Waals surface area contributed by atoms with E-state index in [0.29, 0.717) is 19.8 Å². The van der Waals surface area contributed by atoms with Gasteiger partial charge in [-0.3, -0.25) is 4.79 Å². The molecule has 130 valence electrons. The summed E-state index contributed by atoms with van der Waals surface area (Å²) in [5, 5.41) is 0. The fraction of sp³-hybridized carbons (Fsp3) is 0.632. The van der Waals surface area contributed by atoms with Gasteiger partial charge in [0.25, 0.3) is 0 Å². The van der Waals surface area contributed by atoms with Gasteiger partial charge >= 0.3 is 5.97 Å². The highest BCUT2D eigenvalue weighted by Gasteiger charge is 2.40. The lowest BCUT2D eigenvalue weighted by Gasteiger charge is -2.34. The number of rotatable bonds is 8. The Morgan fingerprint density at radius 2 is 1.70 bits per heavy atom. The number of ether oxygens (including phenoxy) is 3. The van der Waals surface area contributed by atoms with E-state index in [4.69, 9.17) is 14.2 Å². The summed E-state index contributed by atoms with van der Waals surface area (Å²) in [5.74, 6) is -0.272. The number of esters is 1. The maximum Gasteiger partial charge on any atom is 0.314 e. The first-order chi connectivity index (χ1) is 10.7. The molecule has 1 rings (SSSR count). The van der Waals surface area contributed by atoms with Crippen molar-refractivity contribution in [2.45, 2.75) is 59.9 Å². The number of hydrogen-bond donors (Lipinski definition) is 0. The molecular weight excluding hydrogens is 292 g/mol. The topological polar surface area (TPSA) is 44.8 Å². The summed E-state index contributed by atoms with van der Waals surface area (Å²) in [4.78, 5) is 12.5. The Labute approximate surface area is 140 Å². The summed E-state index contributed by atoms with van der Waals surface area (Å²) in [6.07, 6.45) is -0.355. The Bertz CT molecular complexity index is 474. The second kappa shape index (κ2) is 8.46. The van der Waals surface area contributed by atoms with E-state index in [9.17, 15) is 4.79 Å². The lowest BCUT2D eigenvalue weighted by Crippen LogP contribution is -2.45. The van der Waals surface area contributed by atoms with Crippen LogP contribution in [0.3, 0.4) is 0 Å². The molecule has 0 amide bonds. The van der Waals surface area contributed by atoms with Crippen molar-refractivity contribution in [3.05, 3.63) is 35.9 Å². The van der Waals surface area contributed by atoms with E-state index in [1.807, 2.05) is 71.9 Å². The molecule has 0 N–H and O–H groups in total. The zero-order chi connectivity index (χ0) is 17.5. The van der Waals surface area contributed by atoms with E-state index in [-0.39, 0.29) is 12.1 Å². The van der Waals surface area contributed by atoms with Crippen LogP contribution in [0.15, 0.2) is 30.3 Å². The van der Waals surface area contributed by atoms with Gasteiger partial charge in [-0.25, -0.2) is 0 Å². The molecule has 1 atom stereocenters. The predicted molar refractivity (Wildman–Crippen MR) is 91.1 cm³/mol. The molecule has 0 fully saturated rings. The van der Waals surface area contributed by atoms with Gasteiger partial charge in [0.2, 0.25) is 0 Å². The largest absolute Gasteiger partial charge is 0.459 e. The molecular formula is C19H30O4. The Kier molecular flexibility index (Phi) is 7.23. The molecule has 0 heterocycles. The molecule has 0 aliphatic heterocycles. The van der Waals surface area contributed by atoms with Crippen LogP contribution in [0.4, 0.5) is 0 Å². The van der Waals surface area contributed by atoms with E-state index in [1.54, 1.807) is 0 Å². The zero-order valence-electron chi connectivity index (χ0n) is 15.2. The van der Waals surface area contributed by atoms with E-state index in [2.05, 4.69) is 0 Å². The van der Waals surface area contributed by atoms with Crippen LogP contribution in [0.25, 0.3) is 0 Å². The quantitative estimate of drug-likeness (QED) is 0.679. The van der Waals surface area contributed by atoms with E-state index in [1.165, 1.54) is 0 Å². The molecule has 0 spiro atoms. The standard InChI is InChI=1S/C19H30O4/c1-7-22-16(14-21-13-15-11-9-8-10-12-15)19(5,6)17(20)23-18(2,3)4/h8-12,16H,7,13-14H2,1-6H3. The molecule has 1 aromatic carbocycles. The van der Waals surface area contributed by atoms with Crippen LogP contribution in [0.2, 0.25) is 0 Å². The van der Waals surface area contributed by atoms with Gasteiger partial charge in [-0.2, -0.15) is 0 Å². The fourth-order valence-corrected chi connectivity index (χ4v) is 2.07. The van der Waals surface area contributed by atoms with E-state index >= 15 is 0 Å². The molecule has 0 aromatic heterocycles. The zero-order valence-corrected chi connectivity index (χ0v) is 15.2. The lowest BCUT2D eigenvalue weighted by atomic mass is 9.86. The average Bonchev–Trinajstić information content (AvgIpc) is 2.45. The van der Waals surface area contributed by atoms with Crippen molar-refractivity contribution in [1.29, 1.82) is 0 Å². The first-order valence-corrected chi connectivity index (χ1v) is 8.13. The molecule has 0 bridgehead atoms. The lowest BCUT2D eigenvalue weighted by molar-refractivity contribution is -0.178. The van der Waals surface area contributed by atoms with Gasteiger partial charge in [-0.15, -0.1) is 0 Å². The van der Waals surface area contributed by atoms with E-state index < -0.39 is 11.0 Å². The van der Waals surface area contributed by atoms with Crippen LogP contribution in [-0.4, -0.2) is 30.9 Å². The van der Waals surface area contributed by atoms with Crippen LogP contribution in [0.5, 0.6) is 0 Å². The Morgan fingerprint density at radius 1 is 1.09 bits per heavy atom. The summed E-state index contributed by atoms with van der Waals surface area (Å²) in [6.45, 7) is 12.5. The maximum absolute atomic E-state index is 12.5. The van der Waals surface area contributed by atoms with Crippen molar-refractivity contribution in [2.24, 2.45) is 5.41 Å². The molecule has 0 saturated heterocycles. The summed E-state index contributed by atoms with van der Waals surface area (Å²) in [7, 11) is 0. The third-order valence-electron chi connectivity index (χ3n) is 3.48. The first kappa shape index (κ1) is 19.7. The molecule has 0 radical (unpaired) electrons. The van der Waals surface area contributed by atoms with Crippen molar-refractivity contribution in [1.82, 2.24) is 0 Å². The van der Waals surface area contributed by atoms with Crippen molar-refractivity contribution < 1.29 is 19.0 Å². The average molecular weight is 322 g/mol. The van der Waals surface area contributed by atoms with Crippen molar-refractivity contribution in [2.75, 3.05) is 13.2 Å². The normalized spacial score (nSPS) is 13.7. The van der Waals surface area contributed by atoms with Crippen molar-refractivity contribution in [3.63, 3.8) is 0 Å². The molecule has 1 aromatic rings. The van der Waals surface area contributed by atoms with Crippen molar-refractivity contribution in [3.8, 4) is 0 Å². The van der Waals surface area contributed by atoms with Gasteiger partial charge in [0.15, 0.2) is 0 Å². The minimum absolute atomic E-state index is 0.272. The predicted octanol–water partition coefficient (Wildman–Crippen LogP) is 3.98. The number of benzene rings is 1. The highest BCUT2D eigenvalue weighted by atomic mass is 16.6. The molecule has 23 heavy (non-hydrogen) atoms. The molecule has 0 aliphatic carbocycles. The second-order valence-electron chi connectivity index (χ2n) is 7.17. The monoisotopic (exact) mass is 322 g/mol. The van der Waals surface area contributed by atoms with Crippen LogP contribution in [0, 0.1) is 5.41 Å². The van der Waals surface area contributed by atoms with Gasteiger partial charge in [-0.05, 0) is 47.1 Å².